The minimum atomic E-state index is 0.672. The smallest absolute Gasteiger partial charge is 0.126 e. The van der Waals surface area contributed by atoms with Crippen LogP contribution in [0.25, 0.3) is 0 Å². The summed E-state index contributed by atoms with van der Waals surface area (Å²) >= 11 is 0. The van der Waals surface area contributed by atoms with Gasteiger partial charge in [0.05, 0.1) is 13.2 Å². The molecule has 1 heterocycles. The highest BCUT2D eigenvalue weighted by molar-refractivity contribution is 5.45. The molecule has 0 spiro atoms. The van der Waals surface area contributed by atoms with Crippen molar-refractivity contribution in [3.63, 3.8) is 0 Å². The zero-order valence-electron chi connectivity index (χ0n) is 8.87. The highest BCUT2D eigenvalue weighted by Crippen LogP contribution is 2.32. The summed E-state index contributed by atoms with van der Waals surface area (Å²) in [5.41, 5.74) is 6.63. The summed E-state index contributed by atoms with van der Waals surface area (Å²) in [6.45, 7) is 2.18. The maximum Gasteiger partial charge on any atom is 0.126 e. The Balaban J connectivity index is 2.09. The van der Waals surface area contributed by atoms with E-state index >= 15 is 0 Å². The van der Waals surface area contributed by atoms with Crippen LogP contribution >= 0.6 is 0 Å². The normalized spacial score (nSPS) is 14.2. The summed E-state index contributed by atoms with van der Waals surface area (Å²) < 4.78 is 11.3. The minimum Gasteiger partial charge on any atom is -0.493 e. The number of rotatable bonds is 4. The number of hydrogen-bond acceptors (Lipinski definition) is 3. The topological polar surface area (TPSA) is 44.5 Å². The number of ether oxygens (including phenoxy) is 2. The van der Waals surface area contributed by atoms with Crippen molar-refractivity contribution >= 4 is 0 Å². The average Bonchev–Trinajstić information content (AvgIpc) is 2.30. The van der Waals surface area contributed by atoms with Crippen LogP contribution in [0.2, 0.25) is 0 Å². The van der Waals surface area contributed by atoms with E-state index in [9.17, 15) is 0 Å². The number of hydrogen-bond donors (Lipinski definition) is 1. The maximum absolute atomic E-state index is 5.68. The largest absolute Gasteiger partial charge is 0.493 e. The van der Waals surface area contributed by atoms with Crippen LogP contribution in [0.15, 0.2) is 18.2 Å². The molecule has 15 heavy (non-hydrogen) atoms. The Kier molecular flexibility index (Phi) is 3.45. The summed E-state index contributed by atoms with van der Waals surface area (Å²) in [5, 5.41) is 0. The van der Waals surface area contributed by atoms with E-state index in [4.69, 9.17) is 15.2 Å². The van der Waals surface area contributed by atoms with Gasteiger partial charge in [-0.3, -0.25) is 0 Å². The van der Waals surface area contributed by atoms with Crippen molar-refractivity contribution < 1.29 is 9.47 Å². The van der Waals surface area contributed by atoms with Gasteiger partial charge in [-0.1, -0.05) is 6.07 Å². The molecule has 0 atom stereocenters. The van der Waals surface area contributed by atoms with Crippen LogP contribution < -0.4 is 15.2 Å². The molecule has 2 N–H and O–H groups in total. The molecule has 82 valence electrons. The van der Waals surface area contributed by atoms with Crippen molar-refractivity contribution in [1.82, 2.24) is 0 Å². The maximum atomic E-state index is 5.68. The number of fused-ring (bicyclic) bond motifs is 1. The zero-order valence-corrected chi connectivity index (χ0v) is 8.87. The second-order valence-electron chi connectivity index (χ2n) is 3.68. The molecule has 1 aliphatic rings. The fraction of sp³-hybridized carbons (Fsp3) is 0.500. The molecule has 0 aromatic heterocycles. The van der Waals surface area contributed by atoms with E-state index in [1.165, 1.54) is 5.56 Å². The Bertz CT molecular complexity index is 325. The van der Waals surface area contributed by atoms with Gasteiger partial charge in [0.2, 0.25) is 0 Å². The van der Waals surface area contributed by atoms with Gasteiger partial charge in [0, 0.05) is 5.56 Å². The molecule has 1 aromatic carbocycles. The van der Waals surface area contributed by atoms with Crippen LogP contribution in [0.1, 0.15) is 18.4 Å². The minimum absolute atomic E-state index is 0.672. The Hall–Kier alpha value is -1.22. The van der Waals surface area contributed by atoms with Crippen molar-refractivity contribution in [3.8, 4) is 11.5 Å². The first kappa shape index (κ1) is 10.3. The van der Waals surface area contributed by atoms with Crippen LogP contribution in [0.3, 0.4) is 0 Å². The first-order chi connectivity index (χ1) is 7.42. The molecular formula is C12H17NO2. The summed E-state index contributed by atoms with van der Waals surface area (Å²) in [6, 6.07) is 5.98. The van der Waals surface area contributed by atoms with Crippen LogP contribution in [0.5, 0.6) is 11.5 Å². The monoisotopic (exact) mass is 207 g/mol. The first-order valence-corrected chi connectivity index (χ1v) is 5.49. The van der Waals surface area contributed by atoms with Crippen LogP contribution in [0.4, 0.5) is 0 Å². The quantitative estimate of drug-likeness (QED) is 0.765. The van der Waals surface area contributed by atoms with Crippen LogP contribution in [-0.2, 0) is 6.42 Å². The second-order valence-corrected chi connectivity index (χ2v) is 3.68. The lowest BCUT2D eigenvalue weighted by Gasteiger charge is -2.20. The molecule has 1 aliphatic heterocycles. The molecule has 0 fully saturated rings. The average molecular weight is 207 g/mol. The molecule has 0 radical (unpaired) electrons. The molecule has 0 saturated carbocycles. The predicted octanol–water partition coefficient (Wildman–Crippen LogP) is 1.74. The van der Waals surface area contributed by atoms with Crippen molar-refractivity contribution in [3.05, 3.63) is 23.8 Å². The van der Waals surface area contributed by atoms with Gasteiger partial charge in [-0.2, -0.15) is 0 Å². The number of benzene rings is 1. The zero-order chi connectivity index (χ0) is 10.5. The third-order valence-electron chi connectivity index (χ3n) is 2.52. The van der Waals surface area contributed by atoms with Gasteiger partial charge in [0.1, 0.15) is 11.5 Å². The summed E-state index contributed by atoms with van der Waals surface area (Å²) in [6.07, 6.45) is 3.02. The molecular weight excluding hydrogens is 190 g/mol. The standard InChI is InChI=1S/C12H17NO2/c13-7-3-9-15-12-6-1-5-11-10(12)4-2-8-14-11/h1,5-6H,2-4,7-9,13H2. The van der Waals surface area contributed by atoms with Crippen molar-refractivity contribution in [2.75, 3.05) is 19.8 Å². The van der Waals surface area contributed by atoms with E-state index in [2.05, 4.69) is 0 Å². The summed E-state index contributed by atoms with van der Waals surface area (Å²) in [4.78, 5) is 0. The molecule has 0 saturated heterocycles. The molecule has 3 heteroatoms. The highest BCUT2D eigenvalue weighted by atomic mass is 16.5. The Morgan fingerprint density at radius 1 is 1.40 bits per heavy atom. The molecule has 0 unspecified atom stereocenters. The van der Waals surface area contributed by atoms with Crippen LogP contribution in [0, 0.1) is 0 Å². The third kappa shape index (κ3) is 2.42. The number of nitrogens with two attached hydrogens (primary N) is 1. The molecule has 3 nitrogen and oxygen atoms in total. The van der Waals surface area contributed by atoms with Gasteiger partial charge in [-0.25, -0.2) is 0 Å². The lowest BCUT2D eigenvalue weighted by Crippen LogP contribution is -2.11. The lowest BCUT2D eigenvalue weighted by atomic mass is 10.1. The van der Waals surface area contributed by atoms with E-state index < -0.39 is 0 Å². The highest BCUT2D eigenvalue weighted by Gasteiger charge is 2.14. The molecule has 0 bridgehead atoms. The van der Waals surface area contributed by atoms with Gasteiger partial charge >= 0.3 is 0 Å². The van der Waals surface area contributed by atoms with E-state index in [-0.39, 0.29) is 0 Å². The summed E-state index contributed by atoms with van der Waals surface area (Å²) in [5.74, 6) is 1.94. The van der Waals surface area contributed by atoms with Gasteiger partial charge in [-0.05, 0) is 37.9 Å². The lowest BCUT2D eigenvalue weighted by molar-refractivity contribution is 0.271. The fourth-order valence-corrected chi connectivity index (χ4v) is 1.76. The Labute approximate surface area is 90.2 Å². The Morgan fingerprint density at radius 3 is 3.20 bits per heavy atom. The van der Waals surface area contributed by atoms with Crippen LogP contribution in [-0.4, -0.2) is 19.8 Å². The molecule has 0 aliphatic carbocycles. The Morgan fingerprint density at radius 2 is 2.33 bits per heavy atom. The second kappa shape index (κ2) is 5.03. The van der Waals surface area contributed by atoms with E-state index in [1.807, 2.05) is 18.2 Å². The van der Waals surface area contributed by atoms with Gasteiger partial charge in [-0.15, -0.1) is 0 Å². The van der Waals surface area contributed by atoms with Crippen molar-refractivity contribution in [2.24, 2.45) is 5.73 Å². The fourth-order valence-electron chi connectivity index (χ4n) is 1.76. The van der Waals surface area contributed by atoms with E-state index in [0.717, 1.165) is 37.4 Å². The van der Waals surface area contributed by atoms with Gasteiger partial charge in [0.15, 0.2) is 0 Å². The SMILES string of the molecule is NCCCOc1cccc2c1CCCO2. The van der Waals surface area contributed by atoms with Crippen molar-refractivity contribution in [1.29, 1.82) is 0 Å². The van der Waals surface area contributed by atoms with E-state index in [0.29, 0.717) is 13.2 Å². The summed E-state index contributed by atoms with van der Waals surface area (Å²) in [7, 11) is 0. The first-order valence-electron chi connectivity index (χ1n) is 5.49. The van der Waals surface area contributed by atoms with E-state index in [1.54, 1.807) is 0 Å². The van der Waals surface area contributed by atoms with Gasteiger partial charge in [0.25, 0.3) is 0 Å². The molecule has 2 rings (SSSR count). The van der Waals surface area contributed by atoms with Crippen molar-refractivity contribution in [2.45, 2.75) is 19.3 Å². The molecule has 1 aromatic rings. The predicted molar refractivity (Wildman–Crippen MR) is 59.4 cm³/mol. The third-order valence-corrected chi connectivity index (χ3v) is 2.52. The van der Waals surface area contributed by atoms with Gasteiger partial charge < -0.3 is 15.2 Å². The molecule has 0 amide bonds.